The topological polar surface area (TPSA) is 81.8 Å². The van der Waals surface area contributed by atoms with Gasteiger partial charge in [0.1, 0.15) is 27.5 Å². The number of benzene rings is 1. The van der Waals surface area contributed by atoms with E-state index in [4.69, 9.17) is 17.0 Å². The van der Waals surface area contributed by atoms with E-state index < -0.39 is 0 Å². The molecule has 2 aliphatic rings. The average Bonchev–Trinajstić information content (AvgIpc) is 3.22. The first kappa shape index (κ1) is 28.9. The van der Waals surface area contributed by atoms with Crippen LogP contribution in [-0.4, -0.2) is 71.0 Å². The Labute approximate surface area is 239 Å². The fourth-order valence-corrected chi connectivity index (χ4v) is 6.34. The summed E-state index contributed by atoms with van der Waals surface area (Å²) in [6.07, 6.45) is 3.26. The van der Waals surface area contributed by atoms with Crippen LogP contribution in [0.2, 0.25) is 0 Å². The molecule has 1 aromatic heterocycles. The van der Waals surface area contributed by atoms with Gasteiger partial charge in [0.25, 0.3) is 11.5 Å². The molecule has 8 nitrogen and oxygen atoms in total. The van der Waals surface area contributed by atoms with E-state index in [1.165, 1.54) is 11.8 Å². The Morgan fingerprint density at radius 2 is 1.79 bits per heavy atom. The van der Waals surface area contributed by atoms with Gasteiger partial charge in [-0.2, -0.15) is 5.26 Å². The Morgan fingerprint density at radius 3 is 2.38 bits per heavy atom. The molecule has 1 aromatic carbocycles. The van der Waals surface area contributed by atoms with Gasteiger partial charge in [-0.3, -0.25) is 19.1 Å². The van der Waals surface area contributed by atoms with Crippen LogP contribution in [0.25, 0.3) is 6.08 Å². The van der Waals surface area contributed by atoms with Gasteiger partial charge in [0.2, 0.25) is 0 Å². The van der Waals surface area contributed by atoms with Gasteiger partial charge >= 0.3 is 0 Å². The first-order valence-electron chi connectivity index (χ1n) is 13.4. The molecular weight excluding hydrogens is 530 g/mol. The standard InChI is InChI=1S/C29H35N5O3S2/c1-5-12-33-26(32-16-14-31(6-2)15-17-32)23(20(3)24(19-30)27(33)35)18-25-28(36)34(29(38)39-25)13-11-21-7-9-22(37-4)10-8-21/h7-10,18H,5-6,11-17H2,1-4H3/b25-18+. The molecule has 2 aliphatic heterocycles. The van der Waals surface area contributed by atoms with Gasteiger partial charge in [0.05, 0.1) is 12.0 Å². The van der Waals surface area contributed by atoms with Crippen LogP contribution >= 0.6 is 24.0 Å². The molecule has 0 saturated carbocycles. The van der Waals surface area contributed by atoms with Gasteiger partial charge in [-0.05, 0) is 55.6 Å². The highest BCUT2D eigenvalue weighted by atomic mass is 32.2. The molecule has 0 unspecified atom stereocenters. The number of thiocarbonyl (C=S) groups is 1. The highest BCUT2D eigenvalue weighted by molar-refractivity contribution is 8.26. The summed E-state index contributed by atoms with van der Waals surface area (Å²) in [5, 5.41) is 9.88. The number of carbonyl (C=O) groups is 1. The minimum atomic E-state index is -0.269. The number of rotatable bonds is 9. The monoisotopic (exact) mass is 565 g/mol. The fourth-order valence-electron chi connectivity index (χ4n) is 5.05. The molecule has 0 aliphatic carbocycles. The quantitative estimate of drug-likeness (QED) is 0.333. The first-order valence-corrected chi connectivity index (χ1v) is 14.6. The second-order valence-corrected chi connectivity index (χ2v) is 11.3. The number of anilines is 1. The van der Waals surface area contributed by atoms with Crippen LogP contribution in [0.4, 0.5) is 5.82 Å². The van der Waals surface area contributed by atoms with Crippen molar-refractivity contribution in [2.45, 2.75) is 40.2 Å². The van der Waals surface area contributed by atoms with Gasteiger partial charge in [-0.25, -0.2) is 0 Å². The number of carbonyl (C=O) groups excluding carboxylic acids is 1. The zero-order valence-electron chi connectivity index (χ0n) is 23.0. The zero-order valence-corrected chi connectivity index (χ0v) is 24.7. The number of hydrogen-bond donors (Lipinski definition) is 0. The van der Waals surface area contributed by atoms with E-state index in [2.05, 4.69) is 22.8 Å². The normalized spacial score (nSPS) is 17.3. The van der Waals surface area contributed by atoms with E-state index in [-0.39, 0.29) is 17.0 Å². The van der Waals surface area contributed by atoms with Crippen molar-refractivity contribution in [3.05, 3.63) is 61.8 Å². The van der Waals surface area contributed by atoms with Crippen molar-refractivity contribution in [3.8, 4) is 11.8 Å². The van der Waals surface area contributed by atoms with Crippen LogP contribution in [0.3, 0.4) is 0 Å². The van der Waals surface area contributed by atoms with Gasteiger partial charge in [0.15, 0.2) is 0 Å². The van der Waals surface area contributed by atoms with E-state index in [1.807, 2.05) is 37.3 Å². The third-order valence-corrected chi connectivity index (χ3v) is 8.72. The van der Waals surface area contributed by atoms with Crippen LogP contribution in [0.5, 0.6) is 5.75 Å². The van der Waals surface area contributed by atoms with Crippen molar-refractivity contribution in [1.29, 1.82) is 5.26 Å². The minimum absolute atomic E-state index is 0.126. The number of amides is 1. The summed E-state index contributed by atoms with van der Waals surface area (Å²) in [6.45, 7) is 11.2. The first-order chi connectivity index (χ1) is 18.8. The van der Waals surface area contributed by atoms with Crippen LogP contribution in [0.1, 0.15) is 42.5 Å². The van der Waals surface area contributed by atoms with E-state index in [1.54, 1.807) is 23.5 Å². The van der Waals surface area contributed by atoms with E-state index >= 15 is 0 Å². The molecular formula is C29H35N5O3S2. The molecule has 39 heavy (non-hydrogen) atoms. The number of likely N-dealkylation sites (N-methyl/N-ethyl adjacent to an activating group) is 1. The minimum Gasteiger partial charge on any atom is -0.497 e. The largest absolute Gasteiger partial charge is 0.497 e. The molecule has 0 atom stereocenters. The highest BCUT2D eigenvalue weighted by Gasteiger charge is 2.33. The molecule has 3 heterocycles. The Bertz CT molecular complexity index is 1370. The molecule has 1 amide bonds. The number of hydrogen-bond acceptors (Lipinski definition) is 8. The number of nitrogens with zero attached hydrogens (tertiary/aromatic N) is 5. The predicted molar refractivity (Wildman–Crippen MR) is 161 cm³/mol. The highest BCUT2D eigenvalue weighted by Crippen LogP contribution is 2.36. The summed E-state index contributed by atoms with van der Waals surface area (Å²) < 4.78 is 7.47. The Hall–Kier alpha value is -3.13. The number of nitriles is 1. The molecule has 2 aromatic rings. The van der Waals surface area contributed by atoms with Crippen LogP contribution in [-0.2, 0) is 17.8 Å². The molecule has 0 spiro atoms. The van der Waals surface area contributed by atoms with Gasteiger partial charge < -0.3 is 14.5 Å². The lowest BCUT2D eigenvalue weighted by Gasteiger charge is -2.37. The summed E-state index contributed by atoms with van der Waals surface area (Å²) in [4.78, 5) is 33.7. The number of methoxy groups -OCH3 is 1. The Balaban J connectivity index is 1.70. The average molecular weight is 566 g/mol. The summed E-state index contributed by atoms with van der Waals surface area (Å²) in [5.41, 5.74) is 2.30. The summed E-state index contributed by atoms with van der Waals surface area (Å²) in [5.74, 6) is 1.43. The molecule has 0 radical (unpaired) electrons. The zero-order chi connectivity index (χ0) is 28.1. The number of piperazine rings is 1. The number of ether oxygens (including phenoxy) is 1. The smallest absolute Gasteiger partial charge is 0.270 e. The molecule has 2 fully saturated rings. The summed E-state index contributed by atoms with van der Waals surface area (Å²) >= 11 is 6.88. The van der Waals surface area contributed by atoms with E-state index in [0.717, 1.165) is 61.8 Å². The Morgan fingerprint density at radius 1 is 1.10 bits per heavy atom. The third kappa shape index (κ3) is 6.06. The number of aromatic nitrogens is 1. The van der Waals surface area contributed by atoms with Crippen molar-refractivity contribution in [3.63, 3.8) is 0 Å². The summed E-state index contributed by atoms with van der Waals surface area (Å²) in [7, 11) is 1.63. The predicted octanol–water partition coefficient (Wildman–Crippen LogP) is 4.03. The van der Waals surface area contributed by atoms with Gasteiger partial charge in [-0.15, -0.1) is 0 Å². The molecule has 0 N–H and O–H groups in total. The lowest BCUT2D eigenvalue weighted by atomic mass is 10.0. The van der Waals surface area contributed by atoms with E-state index in [0.29, 0.717) is 34.3 Å². The van der Waals surface area contributed by atoms with Crippen molar-refractivity contribution in [2.24, 2.45) is 0 Å². The van der Waals surface area contributed by atoms with Gasteiger partial charge in [0, 0.05) is 44.8 Å². The van der Waals surface area contributed by atoms with Crippen LogP contribution in [0, 0.1) is 18.3 Å². The molecule has 206 valence electrons. The van der Waals surface area contributed by atoms with Crippen molar-refractivity contribution in [1.82, 2.24) is 14.4 Å². The lowest BCUT2D eigenvalue weighted by Crippen LogP contribution is -2.48. The Kier molecular flexibility index (Phi) is 9.49. The summed E-state index contributed by atoms with van der Waals surface area (Å²) in [6, 6.07) is 9.91. The second kappa shape index (κ2) is 12.8. The van der Waals surface area contributed by atoms with Crippen molar-refractivity contribution < 1.29 is 9.53 Å². The molecule has 2 saturated heterocycles. The maximum Gasteiger partial charge on any atom is 0.270 e. The third-order valence-electron chi connectivity index (χ3n) is 7.34. The van der Waals surface area contributed by atoms with Crippen LogP contribution in [0.15, 0.2) is 34.0 Å². The molecule has 0 bridgehead atoms. The number of pyridine rings is 1. The maximum atomic E-state index is 13.5. The van der Waals surface area contributed by atoms with Crippen LogP contribution < -0.4 is 15.2 Å². The maximum absolute atomic E-state index is 13.5. The molecule has 4 rings (SSSR count). The number of thioether (sulfide) groups is 1. The molecule has 10 heteroatoms. The SMILES string of the molecule is CCCn1c(N2CCN(CC)CC2)c(/C=C2/SC(=S)N(CCc3ccc(OC)cc3)C2=O)c(C)c(C#N)c1=O. The van der Waals surface area contributed by atoms with E-state index in [9.17, 15) is 14.9 Å². The van der Waals surface area contributed by atoms with Gasteiger partial charge in [-0.1, -0.05) is 50.0 Å². The fraction of sp³-hybridized carbons (Fsp3) is 0.448. The van der Waals surface area contributed by atoms with Crippen molar-refractivity contribution in [2.75, 3.05) is 51.3 Å². The second-order valence-electron chi connectivity index (χ2n) is 9.66. The lowest BCUT2D eigenvalue weighted by molar-refractivity contribution is -0.122. The van der Waals surface area contributed by atoms with Crippen molar-refractivity contribution >= 4 is 46.1 Å².